The third kappa shape index (κ3) is 3.12. The summed E-state index contributed by atoms with van der Waals surface area (Å²) in [5.41, 5.74) is 0.666. The smallest absolute Gasteiger partial charge is 0.262 e. The number of hydrogen-bond donors (Lipinski definition) is 2. The number of amides is 1. The second-order valence-corrected chi connectivity index (χ2v) is 8.10. The maximum Gasteiger partial charge on any atom is 0.262 e. The lowest BCUT2D eigenvalue weighted by Crippen LogP contribution is -2.25. The van der Waals surface area contributed by atoms with Crippen molar-refractivity contribution in [2.75, 3.05) is 0 Å². The lowest BCUT2D eigenvalue weighted by Gasteiger charge is -2.08. The molecule has 0 aromatic carbocycles. The van der Waals surface area contributed by atoms with E-state index in [4.69, 9.17) is 17.2 Å². The van der Waals surface area contributed by atoms with Crippen LogP contribution in [0.1, 0.15) is 46.1 Å². The monoisotopic (exact) mass is 404 g/mol. The fraction of sp³-hybridized carbons (Fsp3) is 0.471. The molecular weight excluding hydrogens is 384 g/mol. The molecule has 0 atom stereocenters. The van der Waals surface area contributed by atoms with Gasteiger partial charge in [0, 0.05) is 20.0 Å². The number of hydrogen-bond acceptors (Lipinski definition) is 6. The molecule has 1 aliphatic rings. The average molecular weight is 405 g/mol. The van der Waals surface area contributed by atoms with Gasteiger partial charge in [0.15, 0.2) is 10.6 Å². The summed E-state index contributed by atoms with van der Waals surface area (Å²) < 4.78 is 3.99. The highest BCUT2D eigenvalue weighted by Gasteiger charge is 2.22. The van der Waals surface area contributed by atoms with Gasteiger partial charge in [-0.25, -0.2) is 4.98 Å². The number of nitrogens with one attached hydrogen (secondary N) is 2. The molecule has 0 aliphatic carbocycles. The minimum Gasteiger partial charge on any atom is -0.344 e. The van der Waals surface area contributed by atoms with Gasteiger partial charge < -0.3 is 9.88 Å². The predicted octanol–water partition coefficient (Wildman–Crippen LogP) is 2.21. The van der Waals surface area contributed by atoms with E-state index in [1.54, 1.807) is 16.2 Å². The number of carbonyl (C=O) groups excluding carboxylic acids is 1. The van der Waals surface area contributed by atoms with Gasteiger partial charge in [0.1, 0.15) is 10.7 Å². The molecule has 0 fully saturated rings. The molecule has 0 unspecified atom stereocenters. The van der Waals surface area contributed by atoms with Crippen molar-refractivity contribution in [2.24, 2.45) is 7.05 Å². The Morgan fingerprint density at radius 1 is 1.37 bits per heavy atom. The molecule has 0 radical (unpaired) electrons. The standard InChI is InChI=1S/C17H20N6O2S2/c1-9-12-15(19-10-6-4-3-5-7-23(10)16(12)25)27-13(9)14(24)18-8-11-20-21-17(26)22(11)2/h3-8H2,1-2H3,(H,18,24)(H,21,26). The van der Waals surface area contributed by atoms with Crippen LogP contribution in [0.4, 0.5) is 0 Å². The summed E-state index contributed by atoms with van der Waals surface area (Å²) in [6.45, 7) is 2.77. The first-order chi connectivity index (χ1) is 13.0. The number of aromatic amines is 1. The zero-order chi connectivity index (χ0) is 19.1. The normalized spacial score (nSPS) is 14.1. The Bertz CT molecular complexity index is 1150. The van der Waals surface area contributed by atoms with Crippen molar-refractivity contribution in [2.45, 2.75) is 45.7 Å². The molecule has 0 bridgehead atoms. The van der Waals surface area contributed by atoms with E-state index in [-0.39, 0.29) is 18.0 Å². The molecule has 3 aromatic rings. The van der Waals surface area contributed by atoms with E-state index in [0.717, 1.165) is 31.5 Å². The van der Waals surface area contributed by atoms with Crippen molar-refractivity contribution in [1.82, 2.24) is 29.6 Å². The molecule has 1 amide bonds. The first-order valence-corrected chi connectivity index (χ1v) is 10.1. The number of rotatable bonds is 3. The maximum absolute atomic E-state index is 13.0. The SMILES string of the molecule is Cc1c(C(=O)NCc2n[nH]c(=S)n2C)sc2nc3n(c(=O)c12)CCCCC3. The van der Waals surface area contributed by atoms with Gasteiger partial charge in [-0.1, -0.05) is 6.42 Å². The van der Waals surface area contributed by atoms with Gasteiger partial charge in [0.05, 0.1) is 16.8 Å². The molecule has 8 nitrogen and oxygen atoms in total. The van der Waals surface area contributed by atoms with Crippen LogP contribution in [0.25, 0.3) is 10.2 Å². The lowest BCUT2D eigenvalue weighted by molar-refractivity contribution is 0.0953. The summed E-state index contributed by atoms with van der Waals surface area (Å²) in [6, 6.07) is 0. The van der Waals surface area contributed by atoms with Crippen LogP contribution in [0.2, 0.25) is 0 Å². The average Bonchev–Trinajstić information content (AvgIpc) is 3.03. The largest absolute Gasteiger partial charge is 0.344 e. The molecule has 142 valence electrons. The van der Waals surface area contributed by atoms with Gasteiger partial charge in [0.25, 0.3) is 11.5 Å². The zero-order valence-corrected chi connectivity index (χ0v) is 16.8. The first-order valence-electron chi connectivity index (χ1n) is 8.88. The molecular formula is C17H20N6O2S2. The van der Waals surface area contributed by atoms with E-state index in [9.17, 15) is 9.59 Å². The third-order valence-electron chi connectivity index (χ3n) is 5.00. The third-order valence-corrected chi connectivity index (χ3v) is 6.55. The minimum atomic E-state index is -0.232. The quantitative estimate of drug-likeness (QED) is 0.653. The Morgan fingerprint density at radius 2 is 2.19 bits per heavy atom. The van der Waals surface area contributed by atoms with Crippen LogP contribution >= 0.6 is 23.6 Å². The second kappa shape index (κ2) is 7.01. The fourth-order valence-corrected chi connectivity index (χ4v) is 4.66. The van der Waals surface area contributed by atoms with E-state index < -0.39 is 0 Å². The van der Waals surface area contributed by atoms with Gasteiger partial charge in [-0.3, -0.25) is 19.3 Å². The van der Waals surface area contributed by atoms with Crippen molar-refractivity contribution in [1.29, 1.82) is 0 Å². The predicted molar refractivity (Wildman–Crippen MR) is 106 cm³/mol. The number of carbonyl (C=O) groups is 1. The number of fused-ring (bicyclic) bond motifs is 2. The molecule has 0 saturated heterocycles. The number of aryl methyl sites for hydroxylation is 2. The molecule has 0 saturated carbocycles. The van der Waals surface area contributed by atoms with E-state index in [0.29, 0.717) is 37.8 Å². The number of thiophene rings is 1. The Morgan fingerprint density at radius 3 is 2.93 bits per heavy atom. The second-order valence-electron chi connectivity index (χ2n) is 6.72. The summed E-state index contributed by atoms with van der Waals surface area (Å²) in [4.78, 5) is 31.6. The molecule has 3 aromatic heterocycles. The van der Waals surface area contributed by atoms with Crippen molar-refractivity contribution in [3.8, 4) is 0 Å². The fourth-order valence-electron chi connectivity index (χ4n) is 3.40. The van der Waals surface area contributed by atoms with Gasteiger partial charge in [0.2, 0.25) is 0 Å². The van der Waals surface area contributed by atoms with Crippen molar-refractivity contribution in [3.63, 3.8) is 0 Å². The van der Waals surface area contributed by atoms with Gasteiger partial charge >= 0.3 is 0 Å². The zero-order valence-electron chi connectivity index (χ0n) is 15.2. The van der Waals surface area contributed by atoms with Crippen molar-refractivity contribution >= 4 is 39.7 Å². The molecule has 10 heteroatoms. The molecule has 2 N–H and O–H groups in total. The summed E-state index contributed by atoms with van der Waals surface area (Å²) in [5.74, 6) is 1.24. The van der Waals surface area contributed by atoms with E-state index in [1.807, 2.05) is 6.92 Å². The number of nitrogens with zero attached hydrogens (tertiary/aromatic N) is 4. The Kier molecular flexibility index (Phi) is 4.68. The van der Waals surface area contributed by atoms with Gasteiger partial charge in [-0.05, 0) is 37.5 Å². The van der Waals surface area contributed by atoms with Crippen LogP contribution in [-0.4, -0.2) is 30.2 Å². The molecule has 27 heavy (non-hydrogen) atoms. The van der Waals surface area contributed by atoms with E-state index in [2.05, 4.69) is 15.5 Å². The highest BCUT2D eigenvalue weighted by atomic mass is 32.1. The van der Waals surface area contributed by atoms with Crippen LogP contribution in [0.5, 0.6) is 0 Å². The Labute approximate surface area is 164 Å². The first kappa shape index (κ1) is 18.1. The van der Waals surface area contributed by atoms with E-state index in [1.165, 1.54) is 11.3 Å². The molecule has 1 aliphatic heterocycles. The summed E-state index contributed by atoms with van der Waals surface area (Å²) in [5, 5.41) is 10.2. The molecule has 4 heterocycles. The van der Waals surface area contributed by atoms with E-state index >= 15 is 0 Å². The highest BCUT2D eigenvalue weighted by molar-refractivity contribution is 7.71. The van der Waals surface area contributed by atoms with Crippen molar-refractivity contribution < 1.29 is 4.79 Å². The van der Waals surface area contributed by atoms with Gasteiger partial charge in [-0.2, -0.15) is 5.10 Å². The number of aromatic nitrogens is 5. The van der Waals surface area contributed by atoms with Crippen LogP contribution in [0.3, 0.4) is 0 Å². The van der Waals surface area contributed by atoms with Crippen LogP contribution in [0.15, 0.2) is 4.79 Å². The van der Waals surface area contributed by atoms with Crippen LogP contribution in [0, 0.1) is 11.7 Å². The van der Waals surface area contributed by atoms with Crippen LogP contribution in [-0.2, 0) is 26.6 Å². The van der Waals surface area contributed by atoms with Gasteiger partial charge in [-0.15, -0.1) is 11.3 Å². The van der Waals surface area contributed by atoms with Crippen LogP contribution < -0.4 is 10.9 Å². The minimum absolute atomic E-state index is 0.0286. The summed E-state index contributed by atoms with van der Waals surface area (Å²) in [6.07, 6.45) is 3.95. The Balaban J connectivity index is 1.68. The maximum atomic E-state index is 13.0. The molecule has 4 rings (SSSR count). The Hall–Kier alpha value is -2.33. The highest BCUT2D eigenvalue weighted by Crippen LogP contribution is 2.28. The summed E-state index contributed by atoms with van der Waals surface area (Å²) in [7, 11) is 1.79. The molecule has 0 spiro atoms. The van der Waals surface area contributed by atoms with Crippen molar-refractivity contribution in [3.05, 3.63) is 37.2 Å². The lowest BCUT2D eigenvalue weighted by atomic mass is 10.2. The summed E-state index contributed by atoms with van der Waals surface area (Å²) >= 11 is 6.36. The number of H-pyrrole nitrogens is 1. The topological polar surface area (TPSA) is 97.6 Å².